The molecule has 0 fully saturated rings. The quantitative estimate of drug-likeness (QED) is 0.108. The maximum atomic E-state index is 5.30. The van der Waals surface area contributed by atoms with E-state index in [0.29, 0.717) is 0 Å². The molecule has 3 heterocycles. The zero-order valence-electron chi connectivity index (χ0n) is 42.2. The second-order valence-electron chi connectivity index (χ2n) is 19.8. The summed E-state index contributed by atoms with van der Waals surface area (Å²) in [5.41, 5.74) is 20.4. The largest absolute Gasteiger partial charge is 0.256 e. The van der Waals surface area contributed by atoms with E-state index in [0.717, 1.165) is 87.3 Å². The molecule has 0 bridgehead atoms. The third-order valence-electron chi connectivity index (χ3n) is 15.0. The average Bonchev–Trinajstić information content (AvgIpc) is 3.52. The molecule has 0 aliphatic heterocycles. The number of aromatic nitrogens is 3. The van der Waals surface area contributed by atoms with E-state index in [9.17, 15) is 0 Å². The molecular formula is C73H53N3. The van der Waals surface area contributed by atoms with Gasteiger partial charge in [-0.05, 0) is 150 Å². The molecule has 0 aliphatic rings. The summed E-state index contributed by atoms with van der Waals surface area (Å²) in [6.07, 6.45) is 9.70. The molecule has 0 amide bonds. The van der Waals surface area contributed by atoms with Crippen molar-refractivity contribution in [1.82, 2.24) is 15.0 Å². The van der Waals surface area contributed by atoms with E-state index in [-0.39, 0.29) is 0 Å². The Hall–Kier alpha value is -9.57. The number of benzene rings is 10. The van der Waals surface area contributed by atoms with Gasteiger partial charge in [0.2, 0.25) is 0 Å². The summed E-state index contributed by atoms with van der Waals surface area (Å²) in [5.74, 6) is 0. The van der Waals surface area contributed by atoms with E-state index >= 15 is 0 Å². The lowest BCUT2D eigenvalue weighted by Gasteiger charge is -2.19. The fraction of sp³-hybridized carbons (Fsp3) is 0.0548. The van der Waals surface area contributed by atoms with Crippen LogP contribution in [0.25, 0.3) is 111 Å². The molecule has 0 N–H and O–H groups in total. The van der Waals surface area contributed by atoms with Crippen LogP contribution in [0.1, 0.15) is 22.3 Å². The molecule has 0 spiro atoms. The van der Waals surface area contributed by atoms with Crippen LogP contribution in [0.15, 0.2) is 273 Å². The van der Waals surface area contributed by atoms with Crippen LogP contribution in [0.2, 0.25) is 0 Å². The van der Waals surface area contributed by atoms with Gasteiger partial charge in [-0.2, -0.15) is 0 Å². The number of rotatable bonds is 13. The highest BCUT2D eigenvalue weighted by atomic mass is 14.7. The number of hydrogen-bond acceptors (Lipinski definition) is 3. The van der Waals surface area contributed by atoms with Crippen LogP contribution in [0, 0.1) is 0 Å². The maximum absolute atomic E-state index is 5.30. The van der Waals surface area contributed by atoms with Gasteiger partial charge in [-0.25, -0.2) is 0 Å². The molecule has 3 aromatic heterocycles. The van der Waals surface area contributed by atoms with E-state index in [2.05, 4.69) is 249 Å². The molecule has 360 valence electrons. The number of fused-ring (bicyclic) bond motifs is 6. The Kier molecular flexibility index (Phi) is 12.6. The van der Waals surface area contributed by atoms with E-state index in [1.165, 1.54) is 71.3 Å². The average molecular weight is 972 g/mol. The zero-order chi connectivity index (χ0) is 50.6. The van der Waals surface area contributed by atoms with Crippen molar-refractivity contribution in [3.8, 4) is 78.3 Å². The molecule has 10 aromatic carbocycles. The summed E-state index contributed by atoms with van der Waals surface area (Å²) < 4.78 is 0. The van der Waals surface area contributed by atoms with Crippen molar-refractivity contribution >= 4 is 32.3 Å². The van der Waals surface area contributed by atoms with Crippen LogP contribution in [0.3, 0.4) is 0 Å². The summed E-state index contributed by atoms with van der Waals surface area (Å²) >= 11 is 0. The van der Waals surface area contributed by atoms with Gasteiger partial charge in [-0.1, -0.05) is 224 Å². The third-order valence-corrected chi connectivity index (χ3v) is 15.0. The molecule has 76 heavy (non-hydrogen) atoms. The molecule has 0 aliphatic carbocycles. The Morgan fingerprint density at radius 3 is 1.14 bits per heavy atom. The summed E-state index contributed by atoms with van der Waals surface area (Å²) in [6, 6.07) is 92.2. The van der Waals surface area contributed by atoms with Gasteiger partial charge in [0.25, 0.3) is 0 Å². The van der Waals surface area contributed by atoms with Crippen LogP contribution < -0.4 is 0 Å². The van der Waals surface area contributed by atoms with Gasteiger partial charge in [0.1, 0.15) is 0 Å². The van der Waals surface area contributed by atoms with E-state index < -0.39 is 0 Å². The lowest BCUT2D eigenvalue weighted by Crippen LogP contribution is -1.99. The first-order valence-electron chi connectivity index (χ1n) is 26.4. The highest BCUT2D eigenvalue weighted by molar-refractivity contribution is 6.25. The standard InChI is InChI=1S/C73H53N3/c1-5-17-54(18-6-1)58-35-37-61(60-42-52(31-29-50-33-39-71(74-47-50)55-19-7-2-8-20-55)41-53(43-60)32-30-51-34-40-72(75-48-51)56-21-9-3-10-22-56)68(44-58)70-49-76-73(57-23-11-4-12-24-57)46-67(70)59-36-38-66-64-27-14-13-25-62(64)63-26-15-16-28-65(63)69(66)45-59/h1-28,33-49H,29-32H2. The predicted octanol–water partition coefficient (Wildman–Crippen LogP) is 18.6. The monoisotopic (exact) mass is 971 g/mol. The molecule has 13 rings (SSSR count). The molecule has 0 saturated heterocycles. The van der Waals surface area contributed by atoms with Gasteiger partial charge in [-0.3, -0.25) is 15.0 Å². The highest BCUT2D eigenvalue weighted by Crippen LogP contribution is 2.44. The third kappa shape index (κ3) is 9.47. The van der Waals surface area contributed by atoms with Gasteiger partial charge < -0.3 is 0 Å². The molecule has 0 saturated carbocycles. The van der Waals surface area contributed by atoms with Crippen LogP contribution in [-0.2, 0) is 25.7 Å². The molecule has 13 aromatic rings. The van der Waals surface area contributed by atoms with Gasteiger partial charge >= 0.3 is 0 Å². The van der Waals surface area contributed by atoms with Crippen molar-refractivity contribution in [3.63, 3.8) is 0 Å². The predicted molar refractivity (Wildman–Crippen MR) is 318 cm³/mol. The van der Waals surface area contributed by atoms with E-state index in [1.807, 2.05) is 24.5 Å². The Bertz CT molecular complexity index is 4030. The van der Waals surface area contributed by atoms with Crippen molar-refractivity contribution in [3.05, 3.63) is 296 Å². The van der Waals surface area contributed by atoms with Crippen molar-refractivity contribution in [2.45, 2.75) is 25.7 Å². The van der Waals surface area contributed by atoms with E-state index in [4.69, 9.17) is 15.0 Å². The fourth-order valence-electron chi connectivity index (χ4n) is 11.1. The van der Waals surface area contributed by atoms with Crippen molar-refractivity contribution in [2.24, 2.45) is 0 Å². The molecular weight excluding hydrogens is 919 g/mol. The molecule has 3 heteroatoms. The first-order chi connectivity index (χ1) is 37.6. The second-order valence-corrected chi connectivity index (χ2v) is 19.8. The Balaban J connectivity index is 0.959. The summed E-state index contributed by atoms with van der Waals surface area (Å²) in [6.45, 7) is 0. The van der Waals surface area contributed by atoms with Crippen molar-refractivity contribution in [1.29, 1.82) is 0 Å². The molecule has 0 radical (unpaired) electrons. The molecule has 0 atom stereocenters. The number of aryl methyl sites for hydroxylation is 4. The minimum atomic E-state index is 0.871. The first-order valence-corrected chi connectivity index (χ1v) is 26.4. The Morgan fingerprint density at radius 2 is 0.632 bits per heavy atom. The van der Waals surface area contributed by atoms with Crippen molar-refractivity contribution < 1.29 is 0 Å². The Labute approximate surface area is 444 Å². The smallest absolute Gasteiger partial charge is 0.0708 e. The Morgan fingerprint density at radius 1 is 0.197 bits per heavy atom. The zero-order valence-corrected chi connectivity index (χ0v) is 42.2. The van der Waals surface area contributed by atoms with Gasteiger partial charge in [0, 0.05) is 40.8 Å². The normalized spacial score (nSPS) is 11.4. The lowest BCUT2D eigenvalue weighted by atomic mass is 9.85. The number of nitrogens with zero attached hydrogens (tertiary/aromatic N) is 3. The molecule has 3 nitrogen and oxygen atoms in total. The lowest BCUT2D eigenvalue weighted by molar-refractivity contribution is 0.923. The van der Waals surface area contributed by atoms with Crippen molar-refractivity contribution in [2.75, 3.05) is 0 Å². The van der Waals surface area contributed by atoms with Crippen LogP contribution >= 0.6 is 0 Å². The first kappa shape index (κ1) is 46.2. The minimum absolute atomic E-state index is 0.871. The highest BCUT2D eigenvalue weighted by Gasteiger charge is 2.19. The minimum Gasteiger partial charge on any atom is -0.256 e. The maximum Gasteiger partial charge on any atom is 0.0708 e. The van der Waals surface area contributed by atoms with Crippen LogP contribution in [0.4, 0.5) is 0 Å². The second kappa shape index (κ2) is 20.7. The summed E-state index contributed by atoms with van der Waals surface area (Å²) in [5, 5.41) is 7.53. The summed E-state index contributed by atoms with van der Waals surface area (Å²) in [4.78, 5) is 15.1. The van der Waals surface area contributed by atoms with Crippen LogP contribution in [-0.4, -0.2) is 15.0 Å². The van der Waals surface area contributed by atoms with E-state index in [1.54, 1.807) is 0 Å². The van der Waals surface area contributed by atoms with Gasteiger partial charge in [0.15, 0.2) is 0 Å². The summed E-state index contributed by atoms with van der Waals surface area (Å²) in [7, 11) is 0. The van der Waals surface area contributed by atoms with Crippen LogP contribution in [0.5, 0.6) is 0 Å². The fourth-order valence-corrected chi connectivity index (χ4v) is 11.1. The van der Waals surface area contributed by atoms with Gasteiger partial charge in [0.05, 0.1) is 17.1 Å². The topological polar surface area (TPSA) is 38.7 Å². The number of pyridine rings is 3. The molecule has 0 unspecified atom stereocenters. The number of hydrogen-bond donors (Lipinski definition) is 0. The SMILES string of the molecule is c1ccc(-c2ccc(-c3cc(CCc4ccc(-c5ccccc5)nc4)cc(CCc4ccc(-c5ccccc5)nc4)c3)c(-c3cnc(-c4ccccc4)cc3-c3ccc4c5ccccc5c5ccccc5c4c3)c2)cc1. The van der Waals surface area contributed by atoms with Gasteiger partial charge in [-0.15, -0.1) is 0 Å².